The zero-order valence-corrected chi connectivity index (χ0v) is 19.3. The molecule has 9 nitrogen and oxygen atoms in total. The third-order valence-corrected chi connectivity index (χ3v) is 8.25. The van der Waals surface area contributed by atoms with Crippen molar-refractivity contribution in [1.82, 2.24) is 25.3 Å². The van der Waals surface area contributed by atoms with Crippen molar-refractivity contribution in [3.05, 3.63) is 47.6 Å². The fraction of sp³-hybridized carbons (Fsp3) is 0.381. The summed E-state index contributed by atoms with van der Waals surface area (Å²) in [5.41, 5.74) is 1.08. The number of thiazole rings is 1. The average molecular weight is 474 g/mol. The lowest BCUT2D eigenvalue weighted by Gasteiger charge is -2.16. The number of aromatic nitrogens is 4. The molecule has 1 N–H and O–H groups in total. The fourth-order valence-electron chi connectivity index (χ4n) is 3.15. The zero-order chi connectivity index (χ0) is 22.7. The number of pyridine rings is 1. The summed E-state index contributed by atoms with van der Waals surface area (Å²) < 4.78 is 30.5. The molecule has 0 aromatic carbocycles. The van der Waals surface area contributed by atoms with Gasteiger partial charge in [0.15, 0.2) is 14.8 Å². The van der Waals surface area contributed by atoms with E-state index in [1.54, 1.807) is 18.5 Å². The molecule has 0 radical (unpaired) electrons. The summed E-state index contributed by atoms with van der Waals surface area (Å²) in [5, 5.41) is 2.88. The van der Waals surface area contributed by atoms with Crippen LogP contribution in [0.2, 0.25) is 0 Å². The first kappa shape index (κ1) is 22.3. The first-order valence-corrected chi connectivity index (χ1v) is 12.7. The highest BCUT2D eigenvalue weighted by Crippen LogP contribution is 2.34. The normalized spacial score (nSPS) is 14.7. The van der Waals surface area contributed by atoms with Crippen LogP contribution in [0.5, 0.6) is 5.88 Å². The van der Waals surface area contributed by atoms with Crippen molar-refractivity contribution in [2.75, 3.05) is 6.61 Å². The van der Waals surface area contributed by atoms with Crippen LogP contribution in [-0.2, 0) is 9.84 Å². The second-order valence-electron chi connectivity index (χ2n) is 7.30. The highest BCUT2D eigenvalue weighted by Gasteiger charge is 2.37. The molecule has 0 aliphatic heterocycles. The summed E-state index contributed by atoms with van der Waals surface area (Å²) in [7, 11) is -3.33. The van der Waals surface area contributed by atoms with E-state index in [2.05, 4.69) is 25.3 Å². The number of ether oxygens (including phenoxy) is 1. The molecule has 1 atom stereocenters. The number of nitrogens with one attached hydrogen (secondary N) is 1. The largest absolute Gasteiger partial charge is 0.477 e. The smallest absolute Gasteiger partial charge is 0.280 e. The standard InChI is InChI=1S/C21H23N5O4S2/c1-3-15(16-9-14(7-8-23-16)32(28,29)13-5-6-13)26-20(27)21-24-11-18(31-21)17-10-22-12-19(25-17)30-4-2/h7-13,15H,3-6H2,1-2H3,(H,26,27)/t15-/m1/s1. The molecular formula is C21H23N5O4S2. The topological polar surface area (TPSA) is 124 Å². The molecular weight excluding hydrogens is 450 g/mol. The lowest BCUT2D eigenvalue weighted by Crippen LogP contribution is -2.28. The van der Waals surface area contributed by atoms with Crippen LogP contribution in [0.3, 0.4) is 0 Å². The van der Waals surface area contributed by atoms with Gasteiger partial charge in [-0.15, -0.1) is 11.3 Å². The Kier molecular flexibility index (Phi) is 6.47. The molecule has 168 valence electrons. The van der Waals surface area contributed by atoms with E-state index in [0.29, 0.717) is 48.0 Å². The van der Waals surface area contributed by atoms with Gasteiger partial charge >= 0.3 is 0 Å². The van der Waals surface area contributed by atoms with Crippen molar-refractivity contribution >= 4 is 27.1 Å². The van der Waals surface area contributed by atoms with E-state index >= 15 is 0 Å². The Bertz CT molecular complexity index is 1220. The van der Waals surface area contributed by atoms with Gasteiger partial charge in [-0.3, -0.25) is 14.8 Å². The minimum absolute atomic E-state index is 0.252. The van der Waals surface area contributed by atoms with Gasteiger partial charge in [-0.2, -0.15) is 0 Å². The molecule has 0 spiro atoms. The number of nitrogens with zero attached hydrogens (tertiary/aromatic N) is 4. The number of carbonyl (C=O) groups is 1. The van der Waals surface area contributed by atoms with Crippen LogP contribution in [0.4, 0.5) is 0 Å². The number of hydrogen-bond donors (Lipinski definition) is 1. The van der Waals surface area contributed by atoms with Crippen LogP contribution in [0.15, 0.2) is 41.8 Å². The van der Waals surface area contributed by atoms with Crippen LogP contribution in [0, 0.1) is 0 Å². The highest BCUT2D eigenvalue weighted by molar-refractivity contribution is 7.92. The molecule has 1 aliphatic carbocycles. The maximum Gasteiger partial charge on any atom is 0.280 e. The maximum absolute atomic E-state index is 12.8. The van der Waals surface area contributed by atoms with E-state index in [0.717, 1.165) is 0 Å². The Labute approximate surface area is 190 Å². The van der Waals surface area contributed by atoms with E-state index in [1.807, 2.05) is 13.8 Å². The van der Waals surface area contributed by atoms with Crippen molar-refractivity contribution in [2.45, 2.75) is 49.3 Å². The molecule has 4 rings (SSSR count). The first-order valence-electron chi connectivity index (χ1n) is 10.3. The molecule has 3 aromatic heterocycles. The van der Waals surface area contributed by atoms with Crippen molar-refractivity contribution in [3.63, 3.8) is 0 Å². The number of rotatable bonds is 9. The lowest BCUT2D eigenvalue weighted by atomic mass is 10.1. The van der Waals surface area contributed by atoms with Gasteiger partial charge in [0.2, 0.25) is 5.88 Å². The molecule has 0 saturated heterocycles. The Morgan fingerprint density at radius 2 is 2.06 bits per heavy atom. The molecule has 3 heterocycles. The fourth-order valence-corrected chi connectivity index (χ4v) is 5.60. The molecule has 32 heavy (non-hydrogen) atoms. The number of hydrogen-bond acceptors (Lipinski definition) is 9. The predicted molar refractivity (Wildman–Crippen MR) is 119 cm³/mol. The van der Waals surface area contributed by atoms with Gasteiger partial charge < -0.3 is 10.1 Å². The van der Waals surface area contributed by atoms with Crippen molar-refractivity contribution < 1.29 is 17.9 Å². The quantitative estimate of drug-likeness (QED) is 0.502. The molecule has 11 heteroatoms. The summed E-state index contributed by atoms with van der Waals surface area (Å²) >= 11 is 1.19. The van der Waals surface area contributed by atoms with Gasteiger partial charge in [-0.25, -0.2) is 18.4 Å². The third kappa shape index (κ3) is 4.78. The van der Waals surface area contributed by atoms with Crippen LogP contribution in [0.1, 0.15) is 54.6 Å². The first-order chi connectivity index (χ1) is 15.4. The van der Waals surface area contributed by atoms with Gasteiger partial charge in [0.05, 0.1) is 45.8 Å². The lowest BCUT2D eigenvalue weighted by molar-refractivity contribution is 0.0934. The number of amides is 1. The Balaban J connectivity index is 1.50. The SMILES string of the molecule is CCOc1cncc(-c2cnc(C(=O)N[C@H](CC)c3cc(S(=O)(=O)C4CC4)ccn3)s2)n1. The monoisotopic (exact) mass is 473 g/mol. The number of sulfone groups is 1. The maximum atomic E-state index is 12.8. The van der Waals surface area contributed by atoms with Gasteiger partial charge in [0, 0.05) is 12.4 Å². The molecule has 0 unspecified atom stereocenters. The van der Waals surface area contributed by atoms with Crippen molar-refractivity contribution in [1.29, 1.82) is 0 Å². The summed E-state index contributed by atoms with van der Waals surface area (Å²) in [4.78, 5) is 30.8. The minimum atomic E-state index is -3.33. The van der Waals surface area contributed by atoms with Gasteiger partial charge in [0.25, 0.3) is 5.91 Å². The third-order valence-electron chi connectivity index (χ3n) is 4.97. The van der Waals surface area contributed by atoms with Gasteiger partial charge in [-0.05, 0) is 38.3 Å². The second kappa shape index (κ2) is 9.29. The van der Waals surface area contributed by atoms with Crippen LogP contribution >= 0.6 is 11.3 Å². The van der Waals surface area contributed by atoms with Crippen LogP contribution in [-0.4, -0.2) is 46.1 Å². The van der Waals surface area contributed by atoms with E-state index in [1.165, 1.54) is 29.8 Å². The molecule has 1 saturated carbocycles. The van der Waals surface area contributed by atoms with Crippen molar-refractivity contribution in [3.8, 4) is 16.5 Å². The Morgan fingerprint density at radius 3 is 2.78 bits per heavy atom. The molecule has 0 bridgehead atoms. The Morgan fingerprint density at radius 1 is 1.25 bits per heavy atom. The molecule has 3 aromatic rings. The number of carbonyl (C=O) groups excluding carboxylic acids is 1. The second-order valence-corrected chi connectivity index (χ2v) is 10.6. The average Bonchev–Trinajstić information content (AvgIpc) is 3.55. The summed E-state index contributed by atoms with van der Waals surface area (Å²) in [6.07, 6.45) is 8.09. The van der Waals surface area contributed by atoms with E-state index in [9.17, 15) is 13.2 Å². The van der Waals surface area contributed by atoms with Gasteiger partial charge in [-0.1, -0.05) is 6.92 Å². The molecule has 1 amide bonds. The summed E-state index contributed by atoms with van der Waals surface area (Å²) in [6.45, 7) is 4.24. The van der Waals surface area contributed by atoms with Crippen LogP contribution in [0.25, 0.3) is 10.6 Å². The van der Waals surface area contributed by atoms with E-state index in [-0.39, 0.29) is 21.1 Å². The Hall–Kier alpha value is -2.92. The van der Waals surface area contributed by atoms with Gasteiger partial charge in [0.1, 0.15) is 5.69 Å². The zero-order valence-electron chi connectivity index (χ0n) is 17.7. The summed E-state index contributed by atoms with van der Waals surface area (Å²) in [6, 6.07) is 2.63. The van der Waals surface area contributed by atoms with Crippen molar-refractivity contribution in [2.24, 2.45) is 0 Å². The minimum Gasteiger partial charge on any atom is -0.477 e. The molecule has 1 fully saturated rings. The molecule has 1 aliphatic rings. The van der Waals surface area contributed by atoms with Crippen LogP contribution < -0.4 is 10.1 Å². The van der Waals surface area contributed by atoms with E-state index in [4.69, 9.17) is 4.74 Å². The highest BCUT2D eigenvalue weighted by atomic mass is 32.2. The predicted octanol–water partition coefficient (Wildman–Crippen LogP) is 3.21. The summed E-state index contributed by atoms with van der Waals surface area (Å²) in [5.74, 6) is 0.0434. The van der Waals surface area contributed by atoms with E-state index < -0.39 is 15.9 Å².